The van der Waals surface area contributed by atoms with E-state index in [1.54, 1.807) is 0 Å². The first-order valence-electron chi connectivity index (χ1n) is 9.45. The van der Waals surface area contributed by atoms with Crippen LogP contribution >= 0.6 is 0 Å². The molecule has 138 valence electrons. The summed E-state index contributed by atoms with van der Waals surface area (Å²) in [5.74, 6) is 0.752. The molecule has 0 N–H and O–H groups in total. The number of likely N-dealkylation sites (N-methyl/N-ethyl adjacent to an activating group) is 1. The molecular formula is C20H32N4O. The van der Waals surface area contributed by atoms with Gasteiger partial charge in [-0.1, -0.05) is 12.1 Å². The molecule has 25 heavy (non-hydrogen) atoms. The van der Waals surface area contributed by atoms with Gasteiger partial charge in [-0.25, -0.2) is 0 Å². The number of hydrogen-bond donors (Lipinski definition) is 0. The molecule has 2 saturated heterocycles. The molecule has 2 aliphatic heterocycles. The van der Waals surface area contributed by atoms with Crippen LogP contribution in [-0.2, 0) is 6.54 Å². The minimum absolute atomic E-state index is 0.148. The van der Waals surface area contributed by atoms with Gasteiger partial charge in [-0.05, 0) is 50.7 Å². The molecule has 2 aliphatic rings. The highest BCUT2D eigenvalue weighted by atomic mass is 16.2. The summed E-state index contributed by atoms with van der Waals surface area (Å²) < 4.78 is 0. The lowest BCUT2D eigenvalue weighted by molar-refractivity contribution is 0.0773. The number of carbonyl (C=O) groups excluding carboxylic acids is 1. The number of hydrogen-bond acceptors (Lipinski definition) is 4. The van der Waals surface area contributed by atoms with Gasteiger partial charge in [-0.2, -0.15) is 0 Å². The Morgan fingerprint density at radius 1 is 1.12 bits per heavy atom. The third-order valence-electron chi connectivity index (χ3n) is 5.54. The van der Waals surface area contributed by atoms with Crippen LogP contribution in [-0.4, -0.2) is 92.5 Å². The van der Waals surface area contributed by atoms with Crippen molar-refractivity contribution in [3.63, 3.8) is 0 Å². The first kappa shape index (κ1) is 18.4. The van der Waals surface area contributed by atoms with Crippen molar-refractivity contribution in [2.75, 3.05) is 67.0 Å². The Balaban J connectivity index is 1.57. The normalized spacial score (nSPS) is 23.1. The van der Waals surface area contributed by atoms with Gasteiger partial charge in [-0.3, -0.25) is 9.69 Å². The van der Waals surface area contributed by atoms with Crippen LogP contribution < -0.4 is 0 Å². The maximum atomic E-state index is 12.8. The van der Waals surface area contributed by atoms with Crippen molar-refractivity contribution in [3.05, 3.63) is 35.4 Å². The number of rotatable bonds is 5. The third kappa shape index (κ3) is 5.03. The number of nitrogens with zero attached hydrogens (tertiary/aromatic N) is 4. The Bertz CT molecular complexity index is 583. The van der Waals surface area contributed by atoms with E-state index in [0.717, 1.165) is 57.9 Å². The zero-order valence-electron chi connectivity index (χ0n) is 15.9. The van der Waals surface area contributed by atoms with E-state index in [0.29, 0.717) is 5.92 Å². The van der Waals surface area contributed by atoms with Crippen LogP contribution in [0.5, 0.6) is 0 Å². The first-order chi connectivity index (χ1) is 12.0. The molecule has 1 amide bonds. The standard InChI is InChI=1S/C20H32N4O/c1-21-9-11-24(12-10-21)16-17-5-4-6-19(13-17)20(25)23(3)15-18-7-8-22(2)14-18/h4-6,13,18H,7-12,14-16H2,1-3H3. The topological polar surface area (TPSA) is 30.0 Å². The highest BCUT2D eigenvalue weighted by Gasteiger charge is 2.23. The van der Waals surface area contributed by atoms with Crippen LogP contribution in [0.3, 0.4) is 0 Å². The van der Waals surface area contributed by atoms with Crippen LogP contribution in [0.2, 0.25) is 0 Å². The van der Waals surface area contributed by atoms with Crippen molar-refractivity contribution < 1.29 is 4.79 Å². The van der Waals surface area contributed by atoms with E-state index < -0.39 is 0 Å². The second-order valence-electron chi connectivity index (χ2n) is 7.88. The van der Waals surface area contributed by atoms with Gasteiger partial charge in [0, 0.05) is 58.4 Å². The molecule has 0 aliphatic carbocycles. The number of amides is 1. The minimum atomic E-state index is 0.148. The highest BCUT2D eigenvalue weighted by Crippen LogP contribution is 2.17. The van der Waals surface area contributed by atoms with E-state index in [-0.39, 0.29) is 5.91 Å². The van der Waals surface area contributed by atoms with Gasteiger partial charge in [0.15, 0.2) is 0 Å². The van der Waals surface area contributed by atoms with E-state index in [1.165, 1.54) is 12.0 Å². The van der Waals surface area contributed by atoms with E-state index in [4.69, 9.17) is 0 Å². The average Bonchev–Trinajstić information content (AvgIpc) is 3.01. The summed E-state index contributed by atoms with van der Waals surface area (Å²) >= 11 is 0. The van der Waals surface area contributed by atoms with Crippen LogP contribution in [0.1, 0.15) is 22.3 Å². The van der Waals surface area contributed by atoms with Gasteiger partial charge >= 0.3 is 0 Å². The first-order valence-corrected chi connectivity index (χ1v) is 9.45. The molecule has 0 spiro atoms. The van der Waals surface area contributed by atoms with Crippen molar-refractivity contribution in [3.8, 4) is 0 Å². The highest BCUT2D eigenvalue weighted by molar-refractivity contribution is 5.94. The predicted molar refractivity (Wildman–Crippen MR) is 102 cm³/mol. The Morgan fingerprint density at radius 3 is 2.56 bits per heavy atom. The lowest BCUT2D eigenvalue weighted by Crippen LogP contribution is -2.43. The Morgan fingerprint density at radius 2 is 1.88 bits per heavy atom. The summed E-state index contributed by atoms with van der Waals surface area (Å²) in [7, 11) is 6.27. The average molecular weight is 345 g/mol. The molecule has 3 rings (SSSR count). The quantitative estimate of drug-likeness (QED) is 0.809. The number of benzene rings is 1. The van der Waals surface area contributed by atoms with Crippen molar-refractivity contribution >= 4 is 5.91 Å². The molecular weight excluding hydrogens is 312 g/mol. The summed E-state index contributed by atoms with van der Waals surface area (Å²) in [6, 6.07) is 8.20. The molecule has 0 aromatic heterocycles. The van der Waals surface area contributed by atoms with Crippen LogP contribution in [0, 0.1) is 5.92 Å². The molecule has 2 fully saturated rings. The van der Waals surface area contributed by atoms with Crippen molar-refractivity contribution in [1.82, 2.24) is 19.6 Å². The fraction of sp³-hybridized carbons (Fsp3) is 0.650. The number of likely N-dealkylation sites (tertiary alicyclic amines) is 1. The molecule has 1 aromatic carbocycles. The molecule has 5 nitrogen and oxygen atoms in total. The molecule has 1 aromatic rings. The van der Waals surface area contributed by atoms with E-state index in [9.17, 15) is 4.79 Å². The third-order valence-corrected chi connectivity index (χ3v) is 5.54. The summed E-state index contributed by atoms with van der Waals surface area (Å²) in [5, 5.41) is 0. The lowest BCUT2D eigenvalue weighted by Gasteiger charge is -2.32. The molecule has 2 heterocycles. The Labute approximate surface area is 152 Å². The van der Waals surface area contributed by atoms with E-state index in [1.807, 2.05) is 24.1 Å². The van der Waals surface area contributed by atoms with Crippen molar-refractivity contribution in [2.24, 2.45) is 5.92 Å². The van der Waals surface area contributed by atoms with Gasteiger partial charge in [-0.15, -0.1) is 0 Å². The molecule has 0 saturated carbocycles. The Kier molecular flexibility index (Phi) is 6.10. The molecule has 0 radical (unpaired) electrons. The monoisotopic (exact) mass is 344 g/mol. The smallest absolute Gasteiger partial charge is 0.253 e. The van der Waals surface area contributed by atoms with Crippen LogP contribution in [0.15, 0.2) is 24.3 Å². The maximum absolute atomic E-state index is 12.8. The van der Waals surface area contributed by atoms with Crippen molar-refractivity contribution in [2.45, 2.75) is 13.0 Å². The summed E-state index contributed by atoms with van der Waals surface area (Å²) in [4.78, 5) is 21.9. The van der Waals surface area contributed by atoms with Gasteiger partial charge < -0.3 is 14.7 Å². The number of piperazine rings is 1. The summed E-state index contributed by atoms with van der Waals surface area (Å²) in [6.45, 7) is 8.48. The van der Waals surface area contributed by atoms with E-state index in [2.05, 4.69) is 40.9 Å². The zero-order valence-corrected chi connectivity index (χ0v) is 15.9. The van der Waals surface area contributed by atoms with Gasteiger partial charge in [0.2, 0.25) is 0 Å². The fourth-order valence-electron chi connectivity index (χ4n) is 3.93. The van der Waals surface area contributed by atoms with Gasteiger partial charge in [0.1, 0.15) is 0 Å². The molecule has 5 heteroatoms. The van der Waals surface area contributed by atoms with Crippen LogP contribution in [0.4, 0.5) is 0 Å². The minimum Gasteiger partial charge on any atom is -0.341 e. The lowest BCUT2D eigenvalue weighted by atomic mass is 10.1. The van der Waals surface area contributed by atoms with Crippen LogP contribution in [0.25, 0.3) is 0 Å². The second kappa shape index (κ2) is 8.30. The predicted octanol–water partition coefficient (Wildman–Crippen LogP) is 1.46. The van der Waals surface area contributed by atoms with E-state index >= 15 is 0 Å². The molecule has 1 atom stereocenters. The Hall–Kier alpha value is -1.43. The van der Waals surface area contributed by atoms with Crippen molar-refractivity contribution in [1.29, 1.82) is 0 Å². The molecule has 0 bridgehead atoms. The largest absolute Gasteiger partial charge is 0.341 e. The van der Waals surface area contributed by atoms with Gasteiger partial charge in [0.05, 0.1) is 0 Å². The maximum Gasteiger partial charge on any atom is 0.253 e. The summed E-state index contributed by atoms with van der Waals surface area (Å²) in [6.07, 6.45) is 1.19. The molecule has 1 unspecified atom stereocenters. The summed E-state index contributed by atoms with van der Waals surface area (Å²) in [5.41, 5.74) is 2.06. The fourth-order valence-corrected chi connectivity index (χ4v) is 3.93. The number of carbonyl (C=O) groups is 1. The SMILES string of the molecule is CN1CCN(Cc2cccc(C(=O)N(C)CC3CCN(C)C3)c2)CC1. The van der Waals surface area contributed by atoms with Gasteiger partial charge in [0.25, 0.3) is 5.91 Å². The zero-order chi connectivity index (χ0) is 17.8. The second-order valence-corrected chi connectivity index (χ2v) is 7.88.